The van der Waals surface area contributed by atoms with Crippen molar-refractivity contribution in [1.82, 2.24) is 0 Å². The summed E-state index contributed by atoms with van der Waals surface area (Å²) >= 11 is 0. The van der Waals surface area contributed by atoms with Gasteiger partial charge in [0.1, 0.15) is 11.6 Å². The number of hydrogen-bond donors (Lipinski definition) is 0. The molecular weight excluding hydrogens is 227 g/mol. The molecule has 1 atom stereocenters. The van der Waals surface area contributed by atoms with E-state index in [1.54, 1.807) is 13.0 Å². The van der Waals surface area contributed by atoms with Crippen LogP contribution in [0.1, 0.15) is 25.3 Å². The molecule has 0 radical (unpaired) electrons. The Balaban J connectivity index is 2.40. The van der Waals surface area contributed by atoms with Crippen molar-refractivity contribution in [3.05, 3.63) is 59.9 Å². The molecule has 0 bridgehead atoms. The average Bonchev–Trinajstić information content (AvgIpc) is 2.38. The molecule has 0 aliphatic heterocycles. The van der Waals surface area contributed by atoms with E-state index in [1.165, 1.54) is 13.0 Å². The summed E-state index contributed by atoms with van der Waals surface area (Å²) in [6.45, 7) is 3.31. The number of carbonyl (C=O) groups excluding carboxylic acids is 1. The molecule has 0 aliphatic rings. The van der Waals surface area contributed by atoms with Crippen LogP contribution in [0.5, 0.6) is 0 Å². The van der Waals surface area contributed by atoms with Crippen LogP contribution in [0.25, 0.3) is 11.1 Å². The van der Waals surface area contributed by atoms with Crippen LogP contribution < -0.4 is 0 Å². The molecule has 0 aliphatic carbocycles. The van der Waals surface area contributed by atoms with E-state index in [-0.39, 0.29) is 17.5 Å². The largest absolute Gasteiger partial charge is 0.299 e. The van der Waals surface area contributed by atoms with Gasteiger partial charge in [-0.05, 0) is 24.1 Å². The number of carbonyl (C=O) groups is 1. The summed E-state index contributed by atoms with van der Waals surface area (Å²) < 4.78 is 14.0. The third-order valence-corrected chi connectivity index (χ3v) is 3.19. The summed E-state index contributed by atoms with van der Waals surface area (Å²) in [6, 6.07) is 14.4. The maximum Gasteiger partial charge on any atom is 0.136 e. The maximum atomic E-state index is 14.0. The van der Waals surface area contributed by atoms with Crippen molar-refractivity contribution in [2.24, 2.45) is 0 Å². The van der Waals surface area contributed by atoms with Gasteiger partial charge in [-0.15, -0.1) is 0 Å². The van der Waals surface area contributed by atoms with Gasteiger partial charge in [0.15, 0.2) is 0 Å². The Morgan fingerprint density at radius 2 is 1.78 bits per heavy atom. The molecule has 0 fully saturated rings. The molecule has 18 heavy (non-hydrogen) atoms. The molecule has 0 saturated heterocycles. The van der Waals surface area contributed by atoms with Crippen molar-refractivity contribution in [2.45, 2.75) is 19.8 Å². The lowest BCUT2D eigenvalue weighted by atomic mass is 9.95. The molecule has 92 valence electrons. The van der Waals surface area contributed by atoms with E-state index in [4.69, 9.17) is 0 Å². The summed E-state index contributed by atoms with van der Waals surface area (Å²) in [4.78, 5) is 11.3. The lowest BCUT2D eigenvalue weighted by Crippen LogP contribution is -2.04. The fourth-order valence-electron chi connectivity index (χ4n) is 1.89. The zero-order chi connectivity index (χ0) is 13.1. The van der Waals surface area contributed by atoms with Crippen molar-refractivity contribution in [3.63, 3.8) is 0 Å². The third kappa shape index (κ3) is 2.48. The first kappa shape index (κ1) is 12.5. The van der Waals surface area contributed by atoms with Crippen LogP contribution in [0.4, 0.5) is 4.39 Å². The van der Waals surface area contributed by atoms with Gasteiger partial charge in [-0.3, -0.25) is 4.79 Å². The molecule has 0 amide bonds. The monoisotopic (exact) mass is 242 g/mol. The Morgan fingerprint density at radius 1 is 1.11 bits per heavy atom. The summed E-state index contributed by atoms with van der Waals surface area (Å²) in [5.74, 6) is -0.502. The normalized spacial score (nSPS) is 12.2. The summed E-state index contributed by atoms with van der Waals surface area (Å²) in [5, 5.41) is 0. The predicted octanol–water partition coefficient (Wildman–Crippen LogP) is 4.19. The lowest BCUT2D eigenvalue weighted by molar-refractivity contribution is -0.118. The molecule has 2 aromatic carbocycles. The average molecular weight is 242 g/mol. The van der Waals surface area contributed by atoms with E-state index < -0.39 is 0 Å². The highest BCUT2D eigenvalue weighted by Gasteiger charge is 2.13. The molecule has 0 aromatic heterocycles. The SMILES string of the molecule is CC(=O)[C@H](C)c1ccc(-c2ccccc2)c(F)c1. The minimum absolute atomic E-state index is 0.0434. The Hall–Kier alpha value is -1.96. The van der Waals surface area contributed by atoms with E-state index >= 15 is 0 Å². The molecule has 2 aromatic rings. The highest BCUT2D eigenvalue weighted by Crippen LogP contribution is 2.26. The molecule has 0 N–H and O–H groups in total. The van der Waals surface area contributed by atoms with Gasteiger partial charge >= 0.3 is 0 Å². The molecule has 0 heterocycles. The third-order valence-electron chi connectivity index (χ3n) is 3.19. The van der Waals surface area contributed by atoms with E-state index in [0.29, 0.717) is 5.56 Å². The first-order chi connectivity index (χ1) is 8.59. The van der Waals surface area contributed by atoms with Gasteiger partial charge in [0, 0.05) is 11.5 Å². The quantitative estimate of drug-likeness (QED) is 0.788. The van der Waals surface area contributed by atoms with E-state index in [9.17, 15) is 9.18 Å². The second-order valence-electron chi connectivity index (χ2n) is 4.44. The van der Waals surface area contributed by atoms with Crippen molar-refractivity contribution in [3.8, 4) is 11.1 Å². The van der Waals surface area contributed by atoms with Crippen LogP contribution in [0.15, 0.2) is 48.5 Å². The fourth-order valence-corrected chi connectivity index (χ4v) is 1.89. The van der Waals surface area contributed by atoms with E-state index in [2.05, 4.69) is 0 Å². The highest BCUT2D eigenvalue weighted by molar-refractivity contribution is 5.83. The number of hydrogen-bond acceptors (Lipinski definition) is 1. The maximum absolute atomic E-state index is 14.0. The van der Waals surface area contributed by atoms with Crippen molar-refractivity contribution < 1.29 is 9.18 Å². The molecular formula is C16H15FO. The topological polar surface area (TPSA) is 17.1 Å². The van der Waals surface area contributed by atoms with Gasteiger partial charge in [0.25, 0.3) is 0 Å². The molecule has 0 saturated carbocycles. The van der Waals surface area contributed by atoms with Crippen molar-refractivity contribution >= 4 is 5.78 Å². The fraction of sp³-hybridized carbons (Fsp3) is 0.188. The number of halogens is 1. The van der Waals surface area contributed by atoms with Crippen molar-refractivity contribution in [1.29, 1.82) is 0 Å². The van der Waals surface area contributed by atoms with Gasteiger partial charge in [-0.25, -0.2) is 4.39 Å². The predicted molar refractivity (Wildman–Crippen MR) is 70.9 cm³/mol. The van der Waals surface area contributed by atoms with Crippen LogP contribution in [-0.2, 0) is 4.79 Å². The van der Waals surface area contributed by atoms with Crippen LogP contribution in [-0.4, -0.2) is 5.78 Å². The Morgan fingerprint density at radius 3 is 2.33 bits per heavy atom. The van der Waals surface area contributed by atoms with Crippen LogP contribution in [0.3, 0.4) is 0 Å². The number of Topliss-reactive ketones (excluding diaryl/α,β-unsaturated/α-hetero) is 1. The smallest absolute Gasteiger partial charge is 0.136 e. The van der Waals surface area contributed by atoms with Crippen LogP contribution in [0, 0.1) is 5.82 Å². The van der Waals surface area contributed by atoms with Gasteiger partial charge in [-0.1, -0.05) is 49.4 Å². The Labute approximate surface area is 106 Å². The highest BCUT2D eigenvalue weighted by atomic mass is 19.1. The van der Waals surface area contributed by atoms with Gasteiger partial charge in [-0.2, -0.15) is 0 Å². The number of rotatable bonds is 3. The standard InChI is InChI=1S/C16H15FO/c1-11(12(2)18)14-8-9-15(16(17)10-14)13-6-4-3-5-7-13/h3-11H,1-2H3/t11-/m0/s1. The number of ketones is 1. The minimum atomic E-state index is -0.285. The Bertz CT molecular complexity index is 561. The first-order valence-electron chi connectivity index (χ1n) is 5.95. The van der Waals surface area contributed by atoms with Crippen LogP contribution in [0.2, 0.25) is 0 Å². The van der Waals surface area contributed by atoms with Crippen LogP contribution >= 0.6 is 0 Å². The van der Waals surface area contributed by atoms with Crippen molar-refractivity contribution in [2.75, 3.05) is 0 Å². The molecule has 0 unspecified atom stereocenters. The van der Waals surface area contributed by atoms with Gasteiger partial charge in [0.2, 0.25) is 0 Å². The zero-order valence-electron chi connectivity index (χ0n) is 10.5. The van der Waals surface area contributed by atoms with E-state index in [1.807, 2.05) is 36.4 Å². The van der Waals surface area contributed by atoms with Gasteiger partial charge < -0.3 is 0 Å². The first-order valence-corrected chi connectivity index (χ1v) is 5.95. The summed E-state index contributed by atoms with van der Waals surface area (Å²) in [5.41, 5.74) is 2.13. The summed E-state index contributed by atoms with van der Waals surface area (Å²) in [6.07, 6.45) is 0. The molecule has 1 nitrogen and oxygen atoms in total. The second kappa shape index (κ2) is 5.13. The van der Waals surface area contributed by atoms with Gasteiger partial charge in [0.05, 0.1) is 0 Å². The molecule has 0 spiro atoms. The second-order valence-corrected chi connectivity index (χ2v) is 4.44. The minimum Gasteiger partial charge on any atom is -0.299 e. The molecule has 2 heteroatoms. The molecule has 2 rings (SSSR count). The summed E-state index contributed by atoms with van der Waals surface area (Å²) in [7, 11) is 0. The lowest BCUT2D eigenvalue weighted by Gasteiger charge is -2.10. The number of benzene rings is 2. The zero-order valence-corrected chi connectivity index (χ0v) is 10.5. The van der Waals surface area contributed by atoms with E-state index in [0.717, 1.165) is 11.1 Å². The Kier molecular flexibility index (Phi) is 3.56.